The molecule has 7 heteroatoms. The second-order valence-corrected chi connectivity index (χ2v) is 6.28. The molecule has 1 aromatic carbocycles. The Bertz CT molecular complexity index is 738. The van der Waals surface area contributed by atoms with E-state index in [2.05, 4.69) is 22.1 Å². The number of nitrogens with zero attached hydrogens (tertiary/aromatic N) is 4. The van der Waals surface area contributed by atoms with Crippen molar-refractivity contribution in [3.63, 3.8) is 0 Å². The van der Waals surface area contributed by atoms with Gasteiger partial charge in [0.2, 0.25) is 16.9 Å². The summed E-state index contributed by atoms with van der Waals surface area (Å²) in [6.07, 6.45) is 0.569. The first-order valence-electron chi connectivity index (χ1n) is 7.55. The predicted molar refractivity (Wildman–Crippen MR) is 89.5 cm³/mol. The largest absolute Gasteiger partial charge is 0.452 e. The van der Waals surface area contributed by atoms with Crippen LogP contribution in [0.15, 0.2) is 29.4 Å². The number of carbonyl (C=O) groups excluding carboxylic acids is 1. The van der Waals surface area contributed by atoms with Crippen molar-refractivity contribution < 1.29 is 9.53 Å². The summed E-state index contributed by atoms with van der Waals surface area (Å²) in [5.74, 6) is 1.25. The van der Waals surface area contributed by atoms with E-state index in [1.54, 1.807) is 16.7 Å². The number of ether oxygens (including phenoxy) is 1. The molecule has 6 nitrogen and oxygen atoms in total. The number of hydrogen-bond donors (Lipinski definition) is 0. The number of anilines is 1. The molecule has 1 aliphatic heterocycles. The van der Waals surface area contributed by atoms with E-state index in [1.807, 2.05) is 31.2 Å². The Labute approximate surface area is 139 Å². The van der Waals surface area contributed by atoms with Gasteiger partial charge in [0.1, 0.15) is 0 Å². The Morgan fingerprint density at radius 3 is 2.87 bits per heavy atom. The van der Waals surface area contributed by atoms with E-state index in [9.17, 15) is 4.79 Å². The lowest BCUT2D eigenvalue weighted by atomic mass is 10.1. The minimum absolute atomic E-state index is 0.0914. The average Bonchev–Trinajstić information content (AvgIpc) is 2.65. The smallest absolute Gasteiger partial charge is 0.247 e. The fourth-order valence-corrected chi connectivity index (χ4v) is 3.16. The molecule has 0 saturated heterocycles. The topological polar surface area (TPSA) is 68.2 Å². The van der Waals surface area contributed by atoms with Crippen LogP contribution in [0.1, 0.15) is 27.2 Å². The molecule has 1 aromatic heterocycles. The van der Waals surface area contributed by atoms with Gasteiger partial charge in [0, 0.05) is 18.2 Å². The first-order valence-corrected chi connectivity index (χ1v) is 8.53. The Balaban J connectivity index is 2.11. The number of thioether (sulfide) groups is 1. The zero-order chi connectivity index (χ0) is 16.4. The lowest BCUT2D eigenvalue weighted by Crippen LogP contribution is -2.40. The van der Waals surface area contributed by atoms with Gasteiger partial charge in [-0.3, -0.25) is 9.69 Å². The molecule has 0 fully saturated rings. The molecular weight excluding hydrogens is 312 g/mol. The Morgan fingerprint density at radius 1 is 1.35 bits per heavy atom. The van der Waals surface area contributed by atoms with E-state index in [0.29, 0.717) is 16.7 Å². The third-order valence-corrected chi connectivity index (χ3v) is 4.52. The summed E-state index contributed by atoms with van der Waals surface area (Å²) >= 11 is 1.54. The Hall–Kier alpha value is -2.15. The number of hydrogen-bond acceptors (Lipinski definition) is 6. The second kappa shape index (κ2) is 6.54. The molecule has 1 aliphatic rings. The monoisotopic (exact) mass is 330 g/mol. The summed E-state index contributed by atoms with van der Waals surface area (Å²) in [6.45, 7) is 5.45. The zero-order valence-electron chi connectivity index (χ0n) is 13.3. The minimum Gasteiger partial charge on any atom is -0.452 e. The number of amides is 1. The molecule has 1 amide bonds. The Morgan fingerprint density at radius 2 is 2.13 bits per heavy atom. The van der Waals surface area contributed by atoms with Crippen molar-refractivity contribution >= 4 is 23.4 Å². The molecule has 0 saturated carbocycles. The van der Waals surface area contributed by atoms with Crippen LogP contribution in [0.3, 0.4) is 0 Å². The van der Waals surface area contributed by atoms with Crippen molar-refractivity contribution in [2.75, 3.05) is 10.7 Å². The first kappa shape index (κ1) is 15.7. The van der Waals surface area contributed by atoms with Gasteiger partial charge >= 0.3 is 0 Å². The summed E-state index contributed by atoms with van der Waals surface area (Å²) in [6, 6.07) is 7.57. The molecular formula is C16H18N4O2S. The van der Waals surface area contributed by atoms with Crippen LogP contribution in [-0.2, 0) is 4.79 Å². The van der Waals surface area contributed by atoms with E-state index in [0.717, 1.165) is 23.4 Å². The summed E-state index contributed by atoms with van der Waals surface area (Å²) in [5.41, 5.74) is 2.13. The van der Waals surface area contributed by atoms with Crippen molar-refractivity contribution in [1.29, 1.82) is 0 Å². The molecule has 0 spiro atoms. The van der Waals surface area contributed by atoms with Crippen LogP contribution in [0.4, 0.5) is 5.69 Å². The molecule has 0 aliphatic carbocycles. The summed E-state index contributed by atoms with van der Waals surface area (Å²) in [4.78, 5) is 18.2. The maximum atomic E-state index is 12.1. The number of rotatable bonds is 3. The predicted octanol–water partition coefficient (Wildman–Crippen LogP) is 3.13. The van der Waals surface area contributed by atoms with E-state index >= 15 is 0 Å². The molecule has 1 atom stereocenters. The van der Waals surface area contributed by atoms with Gasteiger partial charge in [0.25, 0.3) is 0 Å². The van der Waals surface area contributed by atoms with Crippen LogP contribution < -0.4 is 9.64 Å². The fraction of sp³-hybridized carbons (Fsp3) is 0.375. The molecule has 2 heterocycles. The molecule has 0 bridgehead atoms. The zero-order valence-corrected chi connectivity index (χ0v) is 14.1. The van der Waals surface area contributed by atoms with Crippen LogP contribution in [0, 0.1) is 0 Å². The van der Waals surface area contributed by atoms with E-state index in [-0.39, 0.29) is 5.91 Å². The van der Waals surface area contributed by atoms with Gasteiger partial charge < -0.3 is 4.74 Å². The van der Waals surface area contributed by atoms with Gasteiger partial charge in [-0.2, -0.15) is 4.98 Å². The first-order chi connectivity index (χ1) is 11.1. The van der Waals surface area contributed by atoms with Gasteiger partial charge in [-0.05, 0) is 19.4 Å². The third kappa shape index (κ3) is 3.01. The number of benzene rings is 1. The second-order valence-electron chi connectivity index (χ2n) is 5.22. The van der Waals surface area contributed by atoms with Crippen LogP contribution in [0.2, 0.25) is 0 Å². The molecule has 0 radical (unpaired) electrons. The van der Waals surface area contributed by atoms with Gasteiger partial charge in [-0.15, -0.1) is 10.2 Å². The quantitative estimate of drug-likeness (QED) is 0.805. The molecule has 2 aromatic rings. The maximum absolute atomic E-state index is 12.1. The summed E-state index contributed by atoms with van der Waals surface area (Å²) in [5, 5.41) is 9.08. The maximum Gasteiger partial charge on any atom is 0.247 e. The van der Waals surface area contributed by atoms with Gasteiger partial charge in [-0.1, -0.05) is 36.9 Å². The third-order valence-electron chi connectivity index (χ3n) is 3.47. The van der Waals surface area contributed by atoms with E-state index < -0.39 is 6.23 Å². The van der Waals surface area contributed by atoms with Crippen LogP contribution >= 0.6 is 11.8 Å². The van der Waals surface area contributed by atoms with Gasteiger partial charge in [-0.25, -0.2) is 0 Å². The molecule has 0 unspecified atom stereocenters. The van der Waals surface area contributed by atoms with Gasteiger partial charge in [0.15, 0.2) is 11.9 Å². The molecule has 3 rings (SSSR count). The number of para-hydroxylation sites is 1. The lowest BCUT2D eigenvalue weighted by molar-refractivity contribution is -0.118. The summed E-state index contributed by atoms with van der Waals surface area (Å²) in [7, 11) is 0. The highest BCUT2D eigenvalue weighted by Gasteiger charge is 2.30. The van der Waals surface area contributed by atoms with Crippen molar-refractivity contribution in [2.45, 2.75) is 38.6 Å². The molecule has 0 N–H and O–H groups in total. The molecule has 120 valence electrons. The highest BCUT2D eigenvalue weighted by molar-refractivity contribution is 7.99. The number of aromatic nitrogens is 3. The van der Waals surface area contributed by atoms with E-state index in [4.69, 9.17) is 4.74 Å². The van der Waals surface area contributed by atoms with Crippen LogP contribution in [-0.4, -0.2) is 33.1 Å². The van der Waals surface area contributed by atoms with Crippen molar-refractivity contribution in [3.8, 4) is 17.1 Å². The van der Waals surface area contributed by atoms with Gasteiger partial charge in [0.05, 0.1) is 5.69 Å². The average molecular weight is 330 g/mol. The SMILES string of the molecule is CCCSc1nnc2c(n1)O[C@H](C)N(C(C)=O)c1ccccc1-2. The fourth-order valence-electron chi connectivity index (χ4n) is 2.52. The Kier molecular flexibility index (Phi) is 4.47. The molecule has 23 heavy (non-hydrogen) atoms. The van der Waals surface area contributed by atoms with Crippen LogP contribution in [0.25, 0.3) is 11.3 Å². The lowest BCUT2D eigenvalue weighted by Gasteiger charge is -2.26. The summed E-state index contributed by atoms with van der Waals surface area (Å²) < 4.78 is 5.91. The highest BCUT2D eigenvalue weighted by atomic mass is 32.2. The van der Waals surface area contributed by atoms with Crippen LogP contribution in [0.5, 0.6) is 5.88 Å². The number of carbonyl (C=O) groups is 1. The van der Waals surface area contributed by atoms with E-state index in [1.165, 1.54) is 6.92 Å². The highest BCUT2D eigenvalue weighted by Crippen LogP contribution is 2.39. The van der Waals surface area contributed by atoms with Crippen molar-refractivity contribution in [1.82, 2.24) is 15.2 Å². The normalized spacial score (nSPS) is 16.1. The standard InChI is InChI=1S/C16H18N4O2S/c1-4-9-23-16-17-15-14(18-19-16)12-7-5-6-8-13(12)20(10(2)21)11(3)22-15/h5-8,11H,4,9H2,1-3H3/t11-/m1/s1. The van der Waals surface area contributed by atoms with Crippen molar-refractivity contribution in [3.05, 3.63) is 24.3 Å². The number of fused-ring (bicyclic) bond motifs is 3. The van der Waals surface area contributed by atoms with Crippen molar-refractivity contribution in [2.24, 2.45) is 0 Å². The minimum atomic E-state index is -0.462.